The highest BCUT2D eigenvalue weighted by Crippen LogP contribution is 2.06. The molecule has 0 saturated carbocycles. The second kappa shape index (κ2) is 9.33. The average Bonchev–Trinajstić information content (AvgIpc) is 2.17. The van der Waals surface area contributed by atoms with Gasteiger partial charge in [0.1, 0.15) is 0 Å². The Morgan fingerprint density at radius 1 is 1.19 bits per heavy atom. The molecule has 0 aliphatic carbocycles. The molecule has 92 valence electrons. The molecule has 0 unspecified atom stereocenters. The van der Waals surface area contributed by atoms with Crippen LogP contribution in [0.5, 0.6) is 0 Å². The smallest absolute Gasteiger partial charge is 0.496 e. The first-order chi connectivity index (χ1) is 7.56. The van der Waals surface area contributed by atoms with Crippen LogP contribution in [-0.2, 0) is 13.3 Å². The van der Waals surface area contributed by atoms with Crippen molar-refractivity contribution in [3.63, 3.8) is 0 Å². The first kappa shape index (κ1) is 15.1. The minimum Gasteiger partial charge on any atom is -0.496 e. The Labute approximate surface area is 100 Å². The lowest BCUT2D eigenvalue weighted by molar-refractivity contribution is 0.190. The molecule has 0 aromatic rings. The highest BCUT2D eigenvalue weighted by Gasteiger charge is 2.07. The van der Waals surface area contributed by atoms with Gasteiger partial charge in [0.05, 0.1) is 13.2 Å². The Morgan fingerprint density at radius 3 is 2.44 bits per heavy atom. The molecule has 0 N–H and O–H groups in total. The minimum atomic E-state index is -2.28. The Hall–Kier alpha value is -0.903. The van der Waals surface area contributed by atoms with E-state index < -0.39 is 9.17 Å². The van der Waals surface area contributed by atoms with E-state index in [0.717, 1.165) is 12.8 Å². The maximum absolute atomic E-state index is 11.0. The second-order valence-electron chi connectivity index (χ2n) is 3.86. The van der Waals surface area contributed by atoms with Crippen LogP contribution in [-0.4, -0.2) is 22.4 Å². The molecule has 0 aliphatic heterocycles. The summed E-state index contributed by atoms with van der Waals surface area (Å²) < 4.78 is 20.9. The van der Waals surface area contributed by atoms with Crippen molar-refractivity contribution >= 4 is 9.17 Å². The third-order valence-electron chi connectivity index (χ3n) is 1.99. The first-order valence-electron chi connectivity index (χ1n) is 5.64. The van der Waals surface area contributed by atoms with Crippen molar-refractivity contribution in [2.24, 2.45) is 0 Å². The maximum Gasteiger partial charge on any atom is 0.767 e. The molecule has 0 aromatic heterocycles. The largest absolute Gasteiger partial charge is 0.767 e. The summed E-state index contributed by atoms with van der Waals surface area (Å²) in [4.78, 5) is 0. The van der Waals surface area contributed by atoms with Crippen LogP contribution >= 0.6 is 0 Å². The van der Waals surface area contributed by atoms with Crippen LogP contribution in [0, 0.1) is 0 Å². The fourth-order valence-corrected chi connectivity index (χ4v) is 1.64. The van der Waals surface area contributed by atoms with E-state index in [1.807, 2.05) is 6.08 Å². The standard InChI is InChI=1S/C12H22O3Si/c1-5-14-16(13)15-10-9-12(4)8-6-7-11(2)3/h7,9H,5-6,8,10H2,1-4H3/b12-9+. The molecule has 4 heteroatoms. The summed E-state index contributed by atoms with van der Waals surface area (Å²) in [6.07, 6.45) is 6.23. The van der Waals surface area contributed by atoms with Gasteiger partial charge in [0.15, 0.2) is 0 Å². The lowest BCUT2D eigenvalue weighted by Gasteiger charge is -2.02. The molecule has 0 amide bonds. The van der Waals surface area contributed by atoms with Gasteiger partial charge in [-0.3, -0.25) is 4.46 Å². The van der Waals surface area contributed by atoms with Gasteiger partial charge in [0, 0.05) is 0 Å². The van der Waals surface area contributed by atoms with E-state index in [1.54, 1.807) is 6.92 Å². The monoisotopic (exact) mass is 242 g/mol. The van der Waals surface area contributed by atoms with Gasteiger partial charge in [-0.05, 0) is 46.6 Å². The van der Waals surface area contributed by atoms with Crippen molar-refractivity contribution < 1.29 is 13.3 Å². The number of hydrogen-bond donors (Lipinski definition) is 0. The van der Waals surface area contributed by atoms with Gasteiger partial charge < -0.3 is 8.85 Å². The second-order valence-corrected chi connectivity index (χ2v) is 4.94. The van der Waals surface area contributed by atoms with Crippen LogP contribution < -0.4 is 0 Å². The quantitative estimate of drug-likeness (QED) is 0.484. The molecule has 0 heterocycles. The zero-order valence-electron chi connectivity index (χ0n) is 10.7. The number of hydrogen-bond acceptors (Lipinski definition) is 3. The van der Waals surface area contributed by atoms with Gasteiger partial charge in [-0.15, -0.1) is 0 Å². The summed E-state index contributed by atoms with van der Waals surface area (Å²) in [7, 11) is -2.28. The van der Waals surface area contributed by atoms with E-state index in [9.17, 15) is 4.46 Å². The van der Waals surface area contributed by atoms with Gasteiger partial charge in [-0.25, -0.2) is 0 Å². The van der Waals surface area contributed by atoms with Gasteiger partial charge in [0.25, 0.3) is 0 Å². The third kappa shape index (κ3) is 9.64. The van der Waals surface area contributed by atoms with Crippen molar-refractivity contribution in [1.82, 2.24) is 0 Å². The highest BCUT2D eigenvalue weighted by atomic mass is 28.3. The van der Waals surface area contributed by atoms with Gasteiger partial charge in [0.2, 0.25) is 0 Å². The molecule has 0 rings (SSSR count). The zero-order valence-corrected chi connectivity index (χ0v) is 11.7. The topological polar surface area (TPSA) is 35.5 Å². The van der Waals surface area contributed by atoms with Crippen molar-refractivity contribution in [2.75, 3.05) is 13.2 Å². The molecular formula is C12H22O3Si. The van der Waals surface area contributed by atoms with E-state index in [4.69, 9.17) is 8.85 Å². The predicted molar refractivity (Wildman–Crippen MR) is 66.4 cm³/mol. The summed E-state index contributed by atoms with van der Waals surface area (Å²) >= 11 is 0. The van der Waals surface area contributed by atoms with E-state index in [1.165, 1.54) is 11.1 Å². The summed E-state index contributed by atoms with van der Waals surface area (Å²) in [5, 5.41) is 0. The van der Waals surface area contributed by atoms with Crippen LogP contribution in [0.1, 0.15) is 40.5 Å². The zero-order chi connectivity index (χ0) is 12.4. The van der Waals surface area contributed by atoms with E-state index in [-0.39, 0.29) is 0 Å². The first-order valence-corrected chi connectivity index (χ1v) is 6.87. The van der Waals surface area contributed by atoms with Gasteiger partial charge in [-0.1, -0.05) is 17.2 Å². The minimum absolute atomic E-state index is 0.373. The fourth-order valence-electron chi connectivity index (χ4n) is 1.10. The number of rotatable bonds is 8. The normalized spacial score (nSPS) is 10.9. The van der Waals surface area contributed by atoms with Crippen LogP contribution in [0.15, 0.2) is 23.3 Å². The summed E-state index contributed by atoms with van der Waals surface area (Å²) in [5.41, 5.74) is 2.59. The van der Waals surface area contributed by atoms with Gasteiger partial charge >= 0.3 is 9.17 Å². The lowest BCUT2D eigenvalue weighted by atomic mass is 10.1. The molecule has 0 spiro atoms. The Morgan fingerprint density at radius 2 is 1.88 bits per heavy atom. The molecule has 0 saturated heterocycles. The third-order valence-corrected chi connectivity index (χ3v) is 2.91. The fraction of sp³-hybridized carbons (Fsp3) is 0.667. The lowest BCUT2D eigenvalue weighted by Crippen LogP contribution is -2.12. The SMILES string of the molecule is CCO[Si](=O)OC/C=C(\C)CCC=C(C)C. The Bertz CT molecular complexity index is 265. The van der Waals surface area contributed by atoms with Crippen molar-refractivity contribution in [3.05, 3.63) is 23.3 Å². The molecular weight excluding hydrogens is 220 g/mol. The molecule has 3 nitrogen and oxygen atoms in total. The maximum atomic E-state index is 11.0. The summed E-state index contributed by atoms with van der Waals surface area (Å²) in [6.45, 7) is 8.85. The van der Waals surface area contributed by atoms with Crippen molar-refractivity contribution in [3.8, 4) is 0 Å². The number of allylic oxidation sites excluding steroid dienone is 3. The van der Waals surface area contributed by atoms with Crippen LogP contribution in [0.2, 0.25) is 0 Å². The molecule has 0 bridgehead atoms. The van der Waals surface area contributed by atoms with E-state index in [0.29, 0.717) is 13.2 Å². The molecule has 0 aliphatic rings. The Kier molecular flexibility index (Phi) is 8.81. The Balaban J connectivity index is 3.70. The highest BCUT2D eigenvalue weighted by molar-refractivity contribution is 6.26. The molecule has 0 fully saturated rings. The van der Waals surface area contributed by atoms with E-state index >= 15 is 0 Å². The van der Waals surface area contributed by atoms with Gasteiger partial charge in [-0.2, -0.15) is 0 Å². The van der Waals surface area contributed by atoms with E-state index in [2.05, 4.69) is 26.8 Å². The molecule has 0 radical (unpaired) electrons. The summed E-state index contributed by atoms with van der Waals surface area (Å²) in [6, 6.07) is 0. The molecule has 16 heavy (non-hydrogen) atoms. The van der Waals surface area contributed by atoms with Crippen LogP contribution in [0.3, 0.4) is 0 Å². The molecule has 0 aromatic carbocycles. The summed E-state index contributed by atoms with van der Waals surface area (Å²) in [5.74, 6) is 0. The average molecular weight is 242 g/mol. The van der Waals surface area contributed by atoms with Crippen LogP contribution in [0.4, 0.5) is 0 Å². The molecule has 0 atom stereocenters. The van der Waals surface area contributed by atoms with Crippen molar-refractivity contribution in [1.29, 1.82) is 0 Å². The van der Waals surface area contributed by atoms with Crippen molar-refractivity contribution in [2.45, 2.75) is 40.5 Å². The van der Waals surface area contributed by atoms with Crippen LogP contribution in [0.25, 0.3) is 0 Å². The predicted octanol–water partition coefficient (Wildman–Crippen LogP) is 3.15.